The predicted octanol–water partition coefficient (Wildman–Crippen LogP) is 2.64. The maximum atomic E-state index is 5.58. The maximum Gasteiger partial charge on any atom is 0.152 e. The summed E-state index contributed by atoms with van der Waals surface area (Å²) in [4.78, 5) is 4.22. The molecular weight excluding hydrogens is 235 g/mol. The molecule has 2 aromatic heterocycles. The zero-order chi connectivity index (χ0) is 9.10. The lowest BCUT2D eigenvalue weighted by Gasteiger charge is -2.01. The van der Waals surface area contributed by atoms with Crippen molar-refractivity contribution in [3.63, 3.8) is 0 Å². The average molecular weight is 247 g/mol. The summed E-state index contributed by atoms with van der Waals surface area (Å²) in [6, 6.07) is 7.53. The van der Waals surface area contributed by atoms with Crippen LogP contribution in [0.3, 0.4) is 0 Å². The Labute approximate surface area is 101 Å². The number of halogens is 2. The highest BCUT2D eigenvalue weighted by Gasteiger charge is 2.06. The van der Waals surface area contributed by atoms with Gasteiger partial charge in [0, 0.05) is 12.7 Å². The number of rotatable bonds is 2. The minimum Gasteiger partial charge on any atom is -0.463 e. The number of pyridine rings is 1. The van der Waals surface area contributed by atoms with Crippen molar-refractivity contribution in [2.45, 2.75) is 6.54 Å². The van der Waals surface area contributed by atoms with E-state index in [0.717, 1.165) is 17.0 Å². The molecule has 5 heteroatoms. The molecule has 2 heterocycles. The molecule has 82 valence electrons. The summed E-state index contributed by atoms with van der Waals surface area (Å²) < 4.78 is 5.24. The van der Waals surface area contributed by atoms with Gasteiger partial charge in [-0.2, -0.15) is 0 Å². The lowest BCUT2D eigenvalue weighted by Crippen LogP contribution is -1.99. The van der Waals surface area contributed by atoms with E-state index < -0.39 is 0 Å². The van der Waals surface area contributed by atoms with E-state index in [0.29, 0.717) is 6.54 Å². The molecule has 0 aromatic carbocycles. The third-order valence-corrected chi connectivity index (χ3v) is 1.87. The molecule has 3 nitrogen and oxygen atoms in total. The molecule has 0 amide bonds. The fourth-order valence-electron chi connectivity index (χ4n) is 1.24. The molecular formula is C10H12Cl2N2O. The average Bonchev–Trinajstić information content (AvgIpc) is 2.70. The van der Waals surface area contributed by atoms with Gasteiger partial charge < -0.3 is 10.2 Å². The van der Waals surface area contributed by atoms with Gasteiger partial charge in [-0.05, 0) is 23.8 Å². The van der Waals surface area contributed by atoms with E-state index in [9.17, 15) is 0 Å². The Morgan fingerprint density at radius 1 is 1.20 bits per heavy atom. The number of nitrogens with two attached hydrogens (primary N) is 1. The first-order valence-corrected chi connectivity index (χ1v) is 4.09. The lowest BCUT2D eigenvalue weighted by atomic mass is 10.1. The normalized spacial score (nSPS) is 8.87. The van der Waals surface area contributed by atoms with Crippen molar-refractivity contribution >= 4 is 24.8 Å². The second kappa shape index (κ2) is 6.45. The van der Waals surface area contributed by atoms with Gasteiger partial charge in [0.05, 0.1) is 6.26 Å². The van der Waals surface area contributed by atoms with Crippen LogP contribution in [0.15, 0.2) is 41.1 Å². The summed E-state index contributed by atoms with van der Waals surface area (Å²) in [5.74, 6) is 0.765. The van der Waals surface area contributed by atoms with Crippen molar-refractivity contribution in [1.82, 2.24) is 4.98 Å². The molecule has 0 saturated heterocycles. The minimum atomic E-state index is 0. The Hall–Kier alpha value is -1.03. The first-order chi connectivity index (χ1) is 6.42. The molecule has 0 saturated carbocycles. The smallest absolute Gasteiger partial charge is 0.152 e. The number of aromatic nitrogens is 1. The van der Waals surface area contributed by atoms with E-state index in [1.807, 2.05) is 24.3 Å². The molecule has 0 aliphatic carbocycles. The van der Waals surface area contributed by atoms with Gasteiger partial charge in [0.15, 0.2) is 5.76 Å². The molecule has 2 rings (SSSR count). The van der Waals surface area contributed by atoms with Gasteiger partial charge in [0.2, 0.25) is 0 Å². The molecule has 0 fully saturated rings. The van der Waals surface area contributed by atoms with E-state index in [2.05, 4.69) is 4.98 Å². The third-order valence-electron chi connectivity index (χ3n) is 1.87. The zero-order valence-electron chi connectivity index (χ0n) is 7.92. The highest BCUT2D eigenvalue weighted by atomic mass is 35.5. The van der Waals surface area contributed by atoms with Gasteiger partial charge >= 0.3 is 0 Å². The van der Waals surface area contributed by atoms with E-state index in [1.165, 1.54) is 0 Å². The highest BCUT2D eigenvalue weighted by molar-refractivity contribution is 5.85. The first kappa shape index (κ1) is 14.0. The van der Waals surface area contributed by atoms with Gasteiger partial charge in [-0.1, -0.05) is 6.07 Å². The van der Waals surface area contributed by atoms with Crippen LogP contribution in [-0.2, 0) is 6.54 Å². The summed E-state index contributed by atoms with van der Waals surface area (Å²) in [6.07, 6.45) is 3.36. The van der Waals surface area contributed by atoms with E-state index in [4.69, 9.17) is 10.2 Å². The summed E-state index contributed by atoms with van der Waals surface area (Å²) >= 11 is 0. The van der Waals surface area contributed by atoms with Crippen LogP contribution < -0.4 is 5.73 Å². The van der Waals surface area contributed by atoms with Gasteiger partial charge in [-0.15, -0.1) is 24.8 Å². The van der Waals surface area contributed by atoms with Crippen LogP contribution in [0.2, 0.25) is 0 Å². The molecule has 0 radical (unpaired) electrons. The van der Waals surface area contributed by atoms with Crippen LogP contribution in [-0.4, -0.2) is 4.98 Å². The Kier molecular flexibility index (Phi) is 6.01. The first-order valence-electron chi connectivity index (χ1n) is 4.09. The number of nitrogens with zero attached hydrogens (tertiary/aromatic N) is 1. The fourth-order valence-corrected chi connectivity index (χ4v) is 1.24. The third kappa shape index (κ3) is 2.96. The van der Waals surface area contributed by atoms with Crippen molar-refractivity contribution in [3.8, 4) is 11.5 Å². The van der Waals surface area contributed by atoms with Crippen LogP contribution >= 0.6 is 24.8 Å². The second-order valence-electron chi connectivity index (χ2n) is 2.69. The van der Waals surface area contributed by atoms with Gasteiger partial charge in [0.25, 0.3) is 0 Å². The quantitative estimate of drug-likeness (QED) is 0.887. The summed E-state index contributed by atoms with van der Waals surface area (Å²) in [7, 11) is 0. The largest absolute Gasteiger partial charge is 0.463 e. The zero-order valence-corrected chi connectivity index (χ0v) is 9.55. The highest BCUT2D eigenvalue weighted by Crippen LogP contribution is 2.20. The molecule has 0 atom stereocenters. The van der Waals surface area contributed by atoms with Crippen molar-refractivity contribution in [1.29, 1.82) is 0 Å². The topological polar surface area (TPSA) is 52.0 Å². The van der Waals surface area contributed by atoms with Crippen LogP contribution in [0.1, 0.15) is 5.56 Å². The standard InChI is InChI=1S/C10H10N2O.2ClH/c11-7-8-3-1-5-12-10(8)9-4-2-6-13-9;;/h1-6H,7,11H2;2*1H. The van der Waals surface area contributed by atoms with Crippen LogP contribution in [0.4, 0.5) is 0 Å². The summed E-state index contributed by atoms with van der Waals surface area (Å²) in [5.41, 5.74) is 7.40. The molecule has 15 heavy (non-hydrogen) atoms. The second-order valence-corrected chi connectivity index (χ2v) is 2.69. The maximum absolute atomic E-state index is 5.58. The molecule has 0 aliphatic rings. The van der Waals surface area contributed by atoms with Crippen molar-refractivity contribution < 1.29 is 4.42 Å². The molecule has 0 bridgehead atoms. The van der Waals surface area contributed by atoms with E-state index in [1.54, 1.807) is 12.5 Å². The van der Waals surface area contributed by atoms with Crippen LogP contribution in [0, 0.1) is 0 Å². The van der Waals surface area contributed by atoms with Crippen molar-refractivity contribution in [2.75, 3.05) is 0 Å². The molecule has 0 unspecified atom stereocenters. The minimum absolute atomic E-state index is 0. The number of hydrogen-bond acceptors (Lipinski definition) is 3. The Balaban J connectivity index is 0.000000980. The van der Waals surface area contributed by atoms with Gasteiger partial charge in [-0.25, -0.2) is 0 Å². The van der Waals surface area contributed by atoms with Crippen molar-refractivity contribution in [2.24, 2.45) is 5.73 Å². The van der Waals surface area contributed by atoms with E-state index >= 15 is 0 Å². The number of hydrogen-bond donors (Lipinski definition) is 1. The fraction of sp³-hybridized carbons (Fsp3) is 0.100. The molecule has 2 N–H and O–H groups in total. The summed E-state index contributed by atoms with van der Waals surface area (Å²) in [5, 5.41) is 0. The lowest BCUT2D eigenvalue weighted by molar-refractivity contribution is 0.579. The van der Waals surface area contributed by atoms with Crippen molar-refractivity contribution in [3.05, 3.63) is 42.3 Å². The number of furan rings is 1. The van der Waals surface area contributed by atoms with Crippen LogP contribution in [0.25, 0.3) is 11.5 Å². The molecule has 0 aliphatic heterocycles. The van der Waals surface area contributed by atoms with E-state index in [-0.39, 0.29) is 24.8 Å². The Morgan fingerprint density at radius 3 is 2.60 bits per heavy atom. The Bertz CT molecular complexity index is 390. The van der Waals surface area contributed by atoms with Crippen LogP contribution in [0.5, 0.6) is 0 Å². The monoisotopic (exact) mass is 246 g/mol. The van der Waals surface area contributed by atoms with Gasteiger partial charge in [0.1, 0.15) is 5.69 Å². The predicted molar refractivity (Wildman–Crippen MR) is 64.3 cm³/mol. The summed E-state index contributed by atoms with van der Waals surface area (Å²) in [6.45, 7) is 0.476. The SMILES string of the molecule is Cl.Cl.NCc1cccnc1-c1ccco1. The molecule has 2 aromatic rings. The van der Waals surface area contributed by atoms with Gasteiger partial charge in [-0.3, -0.25) is 4.98 Å². The Morgan fingerprint density at radius 2 is 2.00 bits per heavy atom. The molecule has 0 spiro atoms.